The molecule has 0 bridgehead atoms. The minimum Gasteiger partial charge on any atom is -1.00 e. The maximum Gasteiger partial charge on any atom is 1.00 e. The third kappa shape index (κ3) is 22.6. The van der Waals surface area contributed by atoms with Gasteiger partial charge >= 0.3 is 177 Å². The van der Waals surface area contributed by atoms with Gasteiger partial charge in [0, 0.05) is 5.69 Å². The molecule has 2 heterocycles. The summed E-state index contributed by atoms with van der Waals surface area (Å²) in [5, 5.41) is 44.7. The Kier molecular flexibility index (Phi) is 34.9. The molecule has 0 saturated heterocycles. The SMILES string of the molecule is NC(=O)c1ccc[n+](-c2nc(Cl)nc(Nc3ccc(SOO[O-])c(N=Nc4c(N)c(N=Nc5ccc(S(=O)(=O)CCOSOO[O-])cc5S(=O)(=O)[O-])cc(S(=O)(=O)[O-])c4N)c3)n2)c1.[3H]I([B])I.[Cl-].[Na+].[Na+].[Na+].[Na+]. The van der Waals surface area contributed by atoms with Crippen LogP contribution in [0, 0.1) is 0 Å². The Morgan fingerprint density at radius 1 is 0.873 bits per heavy atom. The molecule has 0 saturated carbocycles. The van der Waals surface area contributed by atoms with Crippen molar-refractivity contribution in [3.63, 3.8) is 0 Å². The van der Waals surface area contributed by atoms with E-state index in [1.54, 1.807) is 0 Å². The molecule has 0 atom stereocenters. The zero-order valence-corrected chi connectivity index (χ0v) is 54.1. The summed E-state index contributed by atoms with van der Waals surface area (Å²) < 4.78 is 120. The zero-order chi connectivity index (χ0) is 49.7. The van der Waals surface area contributed by atoms with Gasteiger partial charge < -0.3 is 54.5 Å². The molecule has 7 N–H and O–H groups in total. The van der Waals surface area contributed by atoms with Gasteiger partial charge in [-0.05, 0) is 76.2 Å². The van der Waals surface area contributed by atoms with E-state index in [-0.39, 0.29) is 182 Å². The van der Waals surface area contributed by atoms with Gasteiger partial charge in [0.2, 0.25) is 0 Å². The Bertz CT molecular complexity index is 3060. The predicted molar refractivity (Wildman–Crippen MR) is 242 cm³/mol. The first-order valence-electron chi connectivity index (χ1n) is 16.8. The van der Waals surface area contributed by atoms with Gasteiger partial charge in [0.15, 0.2) is 22.2 Å². The molecular formula is C29H23BCl2I2N12Na4O16S5. The van der Waals surface area contributed by atoms with Gasteiger partial charge in [0.25, 0.3) is 5.91 Å². The molecule has 2 radical (unpaired) electrons. The van der Waals surface area contributed by atoms with Crippen LogP contribution in [0.4, 0.5) is 45.8 Å². The summed E-state index contributed by atoms with van der Waals surface area (Å²) in [6, 6.07) is 9.59. The number of aromatic nitrogens is 4. The number of azo groups is 2. The molecule has 71 heavy (non-hydrogen) atoms. The van der Waals surface area contributed by atoms with E-state index in [9.17, 15) is 49.7 Å². The van der Waals surface area contributed by atoms with Gasteiger partial charge in [-0.25, -0.2) is 29.8 Å². The number of rotatable bonds is 20. The van der Waals surface area contributed by atoms with Crippen LogP contribution in [0.2, 0.25) is 5.28 Å². The topological polar surface area (TPSA) is 440 Å². The van der Waals surface area contributed by atoms with E-state index in [4.69, 9.17) is 35.1 Å². The fraction of sp³-hybridized carbons (Fsp3) is 0.0690. The van der Waals surface area contributed by atoms with Gasteiger partial charge in [0.1, 0.15) is 43.0 Å². The average Bonchev–Trinajstić information content (AvgIpc) is 3.24. The molecule has 360 valence electrons. The maximum atomic E-state index is 12.8. The monoisotopic (exact) mass is 1380 g/mol. The number of anilines is 4. The Hall–Kier alpha value is 0.185. The quantitative estimate of drug-likeness (QED) is 0.00537. The molecule has 0 fully saturated rings. The van der Waals surface area contributed by atoms with Crippen LogP contribution in [-0.2, 0) is 53.0 Å². The number of benzene rings is 3. The smallest absolute Gasteiger partial charge is 1.00 e. The first-order chi connectivity index (χ1) is 31.4. The standard InChI is InChI=1S/C29H25ClN12O16S5.BHI2.ClH.4Na/c30-27-35-28(37-29(36-27)42-7-1-2-14(13-42)26(33)43)34-15-3-6-20(59-57-55-44)18(10-15)39-41-25-23(31)19(12-22(24(25)32)63(51,52)53)40-38-17-5-4-16(11-21(17)62(48,49)50)61(46,47)9-8-54-60-58-56-45;1-3-2;;;;;/h1-7,10-13H,8-9H2,(H10-,31,32,33,34,35,36,37,38,39,43,44,45,48,49,50,51,52,53);3H;1H;;;;/q;;;4*+1/p-4/i;3T;;;;;. The van der Waals surface area contributed by atoms with Crippen LogP contribution in [0.1, 0.15) is 10.4 Å². The second-order valence-corrected chi connectivity index (χ2v) is 21.6. The summed E-state index contributed by atoms with van der Waals surface area (Å²) in [6.07, 6.45) is 2.84. The van der Waals surface area contributed by atoms with Crippen molar-refractivity contribution in [2.45, 2.75) is 19.6 Å². The number of nitrogen functional groups attached to an aromatic ring is 2. The van der Waals surface area contributed by atoms with E-state index < -0.39 is 108 Å². The van der Waals surface area contributed by atoms with E-state index in [1.807, 2.05) is 18.6 Å². The number of primary amides is 1. The molecule has 5 rings (SSSR count). The third-order valence-electron chi connectivity index (χ3n) is 7.49. The summed E-state index contributed by atoms with van der Waals surface area (Å²) >= 11 is 6.89. The molecule has 5 aromatic rings. The van der Waals surface area contributed by atoms with Crippen molar-refractivity contribution in [3.8, 4) is 5.95 Å². The van der Waals surface area contributed by atoms with E-state index >= 15 is 0 Å². The second-order valence-electron chi connectivity index (χ2n) is 11.6. The Morgan fingerprint density at radius 3 is 2.10 bits per heavy atom. The number of carbonyl (C=O) groups is 1. The summed E-state index contributed by atoms with van der Waals surface area (Å²) in [5.41, 5.74) is 19.0. The maximum absolute atomic E-state index is 12.8. The Balaban J connectivity index is 0. The van der Waals surface area contributed by atoms with Crippen molar-refractivity contribution in [1.82, 2.24) is 15.0 Å². The molecule has 0 spiro atoms. The average molecular weight is 1390 g/mol. The molecule has 0 aliphatic heterocycles. The number of pyridine rings is 1. The summed E-state index contributed by atoms with van der Waals surface area (Å²) in [4.78, 5) is 21.0. The van der Waals surface area contributed by atoms with Crippen molar-refractivity contribution in [3.05, 3.63) is 77.8 Å². The second kappa shape index (κ2) is 34.8. The largest absolute Gasteiger partial charge is 1.00 e. The molecular weight excluding hydrogens is 1360 g/mol. The number of nitrogens with two attached hydrogens (primary N) is 3. The van der Waals surface area contributed by atoms with Crippen LogP contribution >= 0.6 is 71.4 Å². The predicted octanol–water partition coefficient (Wildman–Crippen LogP) is -12.6. The normalized spacial score (nSPS) is 11.6. The summed E-state index contributed by atoms with van der Waals surface area (Å²) in [6.45, 7) is -0.587. The number of hydrogen-bond acceptors (Lipinski definition) is 28. The van der Waals surface area contributed by atoms with Crippen LogP contribution in [0.15, 0.2) is 107 Å². The summed E-state index contributed by atoms with van der Waals surface area (Å²) in [7, 11) is -15.3. The van der Waals surface area contributed by atoms with Gasteiger partial charge in [0.05, 0.1) is 73.3 Å². The van der Waals surface area contributed by atoms with Crippen LogP contribution in [-0.4, -0.2) is 73.9 Å². The van der Waals surface area contributed by atoms with Crippen molar-refractivity contribution in [1.29, 1.82) is 0.594 Å². The van der Waals surface area contributed by atoms with Crippen LogP contribution in [0.25, 0.3) is 5.95 Å². The van der Waals surface area contributed by atoms with E-state index in [0.29, 0.717) is 24.2 Å². The number of hydrogen-bond donors (Lipinski definition) is 4. The molecule has 3 aromatic carbocycles. The van der Waals surface area contributed by atoms with E-state index in [2.05, 4.69) is 63.7 Å². The molecule has 0 unspecified atom stereocenters. The van der Waals surface area contributed by atoms with Crippen LogP contribution in [0.3, 0.4) is 0 Å². The number of nitrogens with one attached hydrogen (secondary N) is 1. The van der Waals surface area contributed by atoms with E-state index in [1.165, 1.54) is 47.3 Å². The van der Waals surface area contributed by atoms with Crippen molar-refractivity contribution in [2.75, 3.05) is 29.1 Å². The third-order valence-corrected chi connectivity index (χ3v) is 12.1. The Morgan fingerprint density at radius 2 is 1.49 bits per heavy atom. The number of amides is 1. The molecule has 28 nitrogen and oxygen atoms in total. The fourth-order valence-electron chi connectivity index (χ4n) is 4.75. The minimum absolute atomic E-state index is 0. The van der Waals surface area contributed by atoms with E-state index in [0.717, 1.165) is 12.1 Å². The molecule has 1 amide bonds. The van der Waals surface area contributed by atoms with Crippen molar-refractivity contribution < 1.29 is 208 Å². The zero-order valence-electron chi connectivity index (χ0n) is 37.2. The van der Waals surface area contributed by atoms with Crippen LogP contribution in [0.5, 0.6) is 0 Å². The van der Waals surface area contributed by atoms with Crippen molar-refractivity contribution in [2.24, 2.45) is 26.2 Å². The molecule has 0 aliphatic rings. The Labute approximate surface area is 532 Å². The van der Waals surface area contributed by atoms with Gasteiger partial charge in [-0.3, -0.25) is 19.1 Å². The first kappa shape index (κ1) is 71.2. The van der Waals surface area contributed by atoms with Crippen LogP contribution < -0.4 is 168 Å². The number of carbonyl (C=O) groups excluding carboxylic acids is 1. The van der Waals surface area contributed by atoms with Gasteiger partial charge in [-0.15, -0.1) is 24.8 Å². The molecule has 2 aromatic heterocycles. The number of nitrogens with zero attached hydrogens (tertiary/aromatic N) is 8. The first-order valence-corrected chi connectivity index (χ1v) is 30.2. The number of sulfone groups is 1. The minimum atomic E-state index is -5.49. The molecule has 0 aliphatic carbocycles. The number of halogens is 4. The van der Waals surface area contributed by atoms with Gasteiger partial charge in [-0.1, -0.05) is 0 Å². The van der Waals surface area contributed by atoms with Gasteiger partial charge in [-0.2, -0.15) is 9.32 Å². The van der Waals surface area contributed by atoms with Crippen molar-refractivity contribution >= 4 is 159 Å². The summed E-state index contributed by atoms with van der Waals surface area (Å²) in [5.74, 6) is -1.71. The molecule has 42 heteroatoms. The fourth-order valence-corrected chi connectivity index (χ4v) is 8.08.